The lowest BCUT2D eigenvalue weighted by molar-refractivity contribution is 1.08. The number of benzene rings is 3. The van der Waals surface area contributed by atoms with Crippen LogP contribution < -0.4 is 0 Å². The first kappa shape index (κ1) is 12.8. The quantitative estimate of drug-likeness (QED) is 0.506. The summed E-state index contributed by atoms with van der Waals surface area (Å²) in [6, 6.07) is 27.1. The van der Waals surface area contributed by atoms with Crippen LogP contribution in [-0.4, -0.2) is 9.55 Å². The highest BCUT2D eigenvalue weighted by atomic mass is 15.1. The van der Waals surface area contributed by atoms with Crippen molar-refractivity contribution in [1.29, 1.82) is 0 Å². The van der Waals surface area contributed by atoms with Crippen LogP contribution in [0.2, 0.25) is 0 Å². The Kier molecular flexibility index (Phi) is 3.01. The maximum Gasteiger partial charge on any atom is 0.145 e. The van der Waals surface area contributed by atoms with Gasteiger partial charge in [-0.3, -0.25) is 4.57 Å². The Labute approximate surface area is 129 Å². The van der Waals surface area contributed by atoms with Crippen LogP contribution in [0.15, 0.2) is 78.9 Å². The van der Waals surface area contributed by atoms with Crippen molar-refractivity contribution in [2.24, 2.45) is 0 Å². The third-order valence-corrected chi connectivity index (χ3v) is 3.95. The monoisotopic (exact) mass is 284 g/mol. The van der Waals surface area contributed by atoms with Gasteiger partial charge < -0.3 is 0 Å². The summed E-state index contributed by atoms with van der Waals surface area (Å²) >= 11 is 0. The van der Waals surface area contributed by atoms with Crippen LogP contribution >= 0.6 is 0 Å². The summed E-state index contributed by atoms with van der Waals surface area (Å²) in [7, 11) is 0. The van der Waals surface area contributed by atoms with Crippen molar-refractivity contribution in [3.8, 4) is 17.1 Å². The molecule has 0 atom stereocenters. The number of aryl methyl sites for hydroxylation is 1. The maximum atomic E-state index is 4.86. The van der Waals surface area contributed by atoms with Gasteiger partial charge in [0.05, 0.1) is 16.7 Å². The largest absolute Gasteiger partial charge is 0.292 e. The van der Waals surface area contributed by atoms with Gasteiger partial charge in [-0.15, -0.1) is 0 Å². The molecule has 0 aliphatic carbocycles. The number of fused-ring (bicyclic) bond motifs is 1. The van der Waals surface area contributed by atoms with Crippen molar-refractivity contribution in [1.82, 2.24) is 9.55 Å². The lowest BCUT2D eigenvalue weighted by Crippen LogP contribution is -1.99. The number of imidazole rings is 1. The standard InChI is InChI=1S/C20H16N2/c1-15-9-5-7-13-18(15)22-19-14-8-6-12-17(19)21-20(22)16-10-3-2-4-11-16/h2-14H,1H3. The predicted molar refractivity (Wildman–Crippen MR) is 91.2 cm³/mol. The minimum atomic E-state index is 0.983. The van der Waals surface area contributed by atoms with E-state index in [4.69, 9.17) is 4.98 Å². The van der Waals surface area contributed by atoms with Crippen molar-refractivity contribution in [2.75, 3.05) is 0 Å². The molecule has 0 N–H and O–H groups in total. The van der Waals surface area contributed by atoms with Gasteiger partial charge in [0.1, 0.15) is 5.82 Å². The number of para-hydroxylation sites is 3. The molecule has 0 unspecified atom stereocenters. The van der Waals surface area contributed by atoms with Crippen LogP contribution in [0, 0.1) is 6.92 Å². The zero-order valence-corrected chi connectivity index (χ0v) is 12.4. The number of nitrogens with zero attached hydrogens (tertiary/aromatic N) is 2. The van der Waals surface area contributed by atoms with Gasteiger partial charge >= 0.3 is 0 Å². The zero-order chi connectivity index (χ0) is 14.9. The van der Waals surface area contributed by atoms with E-state index >= 15 is 0 Å². The number of aromatic nitrogens is 2. The fourth-order valence-electron chi connectivity index (χ4n) is 2.87. The fraction of sp³-hybridized carbons (Fsp3) is 0.0500. The van der Waals surface area contributed by atoms with E-state index in [1.807, 2.05) is 12.1 Å². The van der Waals surface area contributed by atoms with Crippen molar-refractivity contribution >= 4 is 11.0 Å². The first-order chi connectivity index (χ1) is 10.8. The molecule has 0 saturated carbocycles. The summed E-state index contributed by atoms with van der Waals surface area (Å²) in [5.74, 6) is 0.983. The van der Waals surface area contributed by atoms with Gasteiger partial charge in [0.25, 0.3) is 0 Å². The molecule has 0 spiro atoms. The minimum absolute atomic E-state index is 0.983. The Morgan fingerprint density at radius 1 is 0.727 bits per heavy atom. The topological polar surface area (TPSA) is 17.8 Å². The summed E-state index contributed by atoms with van der Waals surface area (Å²) in [4.78, 5) is 4.86. The Hall–Kier alpha value is -2.87. The number of rotatable bonds is 2. The van der Waals surface area contributed by atoms with Crippen molar-refractivity contribution in [3.63, 3.8) is 0 Å². The summed E-state index contributed by atoms with van der Waals surface area (Å²) < 4.78 is 2.25. The van der Waals surface area contributed by atoms with E-state index in [9.17, 15) is 0 Å². The number of hydrogen-bond donors (Lipinski definition) is 0. The molecule has 1 heterocycles. The highest BCUT2D eigenvalue weighted by Gasteiger charge is 2.14. The molecule has 0 amide bonds. The number of hydrogen-bond acceptors (Lipinski definition) is 1. The van der Waals surface area contributed by atoms with Crippen LogP contribution in [0.5, 0.6) is 0 Å². The van der Waals surface area contributed by atoms with Gasteiger partial charge in [0.15, 0.2) is 0 Å². The van der Waals surface area contributed by atoms with Gasteiger partial charge in [-0.2, -0.15) is 0 Å². The predicted octanol–water partition coefficient (Wildman–Crippen LogP) is 5.00. The van der Waals surface area contributed by atoms with Gasteiger partial charge in [-0.25, -0.2) is 4.98 Å². The third kappa shape index (κ3) is 2.01. The van der Waals surface area contributed by atoms with Crippen molar-refractivity contribution in [2.45, 2.75) is 6.92 Å². The van der Waals surface area contributed by atoms with Crippen molar-refractivity contribution in [3.05, 3.63) is 84.4 Å². The maximum absolute atomic E-state index is 4.86. The SMILES string of the molecule is Cc1ccccc1-n1c(-c2ccccc2)nc2ccccc21. The summed E-state index contributed by atoms with van der Waals surface area (Å²) in [5, 5.41) is 0. The zero-order valence-electron chi connectivity index (χ0n) is 12.4. The van der Waals surface area contributed by atoms with Crippen molar-refractivity contribution < 1.29 is 0 Å². The molecule has 2 heteroatoms. The average Bonchev–Trinajstić information content (AvgIpc) is 2.95. The van der Waals surface area contributed by atoms with Gasteiger partial charge in [-0.1, -0.05) is 60.7 Å². The second kappa shape index (κ2) is 5.15. The fourth-order valence-corrected chi connectivity index (χ4v) is 2.87. The molecule has 0 bridgehead atoms. The molecule has 3 aromatic carbocycles. The molecule has 0 saturated heterocycles. The van der Waals surface area contributed by atoms with E-state index in [0.717, 1.165) is 22.4 Å². The van der Waals surface area contributed by atoms with Crippen LogP contribution in [-0.2, 0) is 0 Å². The minimum Gasteiger partial charge on any atom is -0.292 e. The molecule has 0 aliphatic heterocycles. The van der Waals surface area contributed by atoms with E-state index in [1.54, 1.807) is 0 Å². The van der Waals surface area contributed by atoms with Crippen LogP contribution in [0.3, 0.4) is 0 Å². The molecule has 1 aromatic heterocycles. The Balaban J connectivity index is 2.10. The van der Waals surface area contributed by atoms with Crippen LogP contribution in [0.4, 0.5) is 0 Å². The molecule has 22 heavy (non-hydrogen) atoms. The van der Waals surface area contributed by atoms with Crippen LogP contribution in [0.1, 0.15) is 5.56 Å². The highest BCUT2D eigenvalue weighted by Crippen LogP contribution is 2.29. The second-order valence-corrected chi connectivity index (χ2v) is 5.41. The molecular formula is C20H16N2. The van der Waals surface area contributed by atoms with Crippen LogP contribution in [0.25, 0.3) is 28.1 Å². The average molecular weight is 284 g/mol. The van der Waals surface area contributed by atoms with Gasteiger partial charge in [0.2, 0.25) is 0 Å². The molecule has 2 nitrogen and oxygen atoms in total. The van der Waals surface area contributed by atoms with Gasteiger partial charge in [0, 0.05) is 5.56 Å². The second-order valence-electron chi connectivity index (χ2n) is 5.41. The molecule has 0 radical (unpaired) electrons. The lowest BCUT2D eigenvalue weighted by Gasteiger charge is -2.12. The van der Waals surface area contributed by atoms with E-state index in [0.29, 0.717) is 0 Å². The Bertz CT molecular complexity index is 936. The first-order valence-corrected chi connectivity index (χ1v) is 7.43. The molecule has 0 aliphatic rings. The molecule has 4 aromatic rings. The highest BCUT2D eigenvalue weighted by molar-refractivity contribution is 5.83. The molecular weight excluding hydrogens is 268 g/mol. The van der Waals surface area contributed by atoms with E-state index in [-0.39, 0.29) is 0 Å². The summed E-state index contributed by atoms with van der Waals surface area (Å²) in [6.45, 7) is 2.14. The lowest BCUT2D eigenvalue weighted by atomic mass is 10.1. The molecule has 0 fully saturated rings. The Morgan fingerprint density at radius 3 is 2.23 bits per heavy atom. The summed E-state index contributed by atoms with van der Waals surface area (Å²) in [5.41, 5.74) is 5.69. The van der Waals surface area contributed by atoms with Gasteiger partial charge in [-0.05, 0) is 30.7 Å². The smallest absolute Gasteiger partial charge is 0.145 e. The molecule has 106 valence electrons. The Morgan fingerprint density at radius 2 is 1.41 bits per heavy atom. The normalized spacial score (nSPS) is 11.0. The third-order valence-electron chi connectivity index (χ3n) is 3.95. The first-order valence-electron chi connectivity index (χ1n) is 7.43. The summed E-state index contributed by atoms with van der Waals surface area (Å²) in [6.07, 6.45) is 0. The van der Waals surface area contributed by atoms with E-state index in [1.165, 1.54) is 11.3 Å². The molecule has 4 rings (SSSR count). The van der Waals surface area contributed by atoms with E-state index < -0.39 is 0 Å². The van der Waals surface area contributed by atoms with E-state index in [2.05, 4.69) is 78.2 Å².